The van der Waals surface area contributed by atoms with Gasteiger partial charge in [-0.1, -0.05) is 74.5 Å². The highest BCUT2D eigenvalue weighted by molar-refractivity contribution is 6.02. The molecule has 0 fully saturated rings. The number of nitrogens with one attached hydrogen (secondary N) is 1. The van der Waals surface area contributed by atoms with Gasteiger partial charge in [-0.05, 0) is 31.9 Å². The second kappa shape index (κ2) is 9.94. The fourth-order valence-electron chi connectivity index (χ4n) is 3.33. The molecule has 2 aromatic carbocycles. The van der Waals surface area contributed by atoms with Crippen LogP contribution in [0.5, 0.6) is 0 Å². The molecule has 0 bridgehead atoms. The summed E-state index contributed by atoms with van der Waals surface area (Å²) < 4.78 is 4.77. The molecule has 4 rings (SSSR count). The fraction of sp³-hybridized carbons (Fsp3) is 0.308. The first-order valence-electron chi connectivity index (χ1n) is 9.56. The number of carbonyl (C=O) groups excluding carboxylic acids is 2. The van der Waals surface area contributed by atoms with E-state index in [0.29, 0.717) is 11.1 Å². The molecule has 172 valence electrons. The fourth-order valence-corrected chi connectivity index (χ4v) is 3.33. The van der Waals surface area contributed by atoms with Crippen LogP contribution in [-0.2, 0) is 14.3 Å². The lowest BCUT2D eigenvalue weighted by Crippen LogP contribution is -2.40. The number of ether oxygens (including phenoxy) is 1. The third-order valence-electron chi connectivity index (χ3n) is 4.95. The molecule has 2 aliphatic heterocycles. The molecule has 2 heterocycles. The summed E-state index contributed by atoms with van der Waals surface area (Å²) in [6.45, 7) is 7.01. The van der Waals surface area contributed by atoms with Gasteiger partial charge in [-0.3, -0.25) is 4.79 Å². The molecule has 2 aliphatic rings. The van der Waals surface area contributed by atoms with E-state index in [1.807, 2.05) is 62.4 Å². The highest BCUT2D eigenvalue weighted by Gasteiger charge is 2.37. The van der Waals surface area contributed by atoms with Gasteiger partial charge in [0.2, 0.25) is 11.7 Å². The average molecular weight is 440 g/mol. The van der Waals surface area contributed by atoms with Crippen molar-refractivity contribution in [2.75, 3.05) is 0 Å². The Balaban J connectivity index is 0.000000301. The van der Waals surface area contributed by atoms with Crippen LogP contribution in [0.4, 0.5) is 0 Å². The van der Waals surface area contributed by atoms with E-state index < -0.39 is 17.5 Å². The molecular formula is C26H33NO5. The van der Waals surface area contributed by atoms with Crippen LogP contribution >= 0.6 is 0 Å². The van der Waals surface area contributed by atoms with Crippen molar-refractivity contribution in [1.29, 1.82) is 0 Å². The molecule has 6 heteroatoms. The van der Waals surface area contributed by atoms with Crippen molar-refractivity contribution < 1.29 is 24.5 Å². The molecule has 0 saturated carbocycles. The van der Waals surface area contributed by atoms with Crippen molar-refractivity contribution in [2.24, 2.45) is 0 Å². The number of aliphatic hydroxyl groups is 2. The number of hydrogen-bond donors (Lipinski definition) is 3. The smallest absolute Gasteiger partial charge is 0.334 e. The Bertz CT molecular complexity index is 943. The minimum atomic E-state index is -1.51. The monoisotopic (exact) mass is 439 g/mol. The van der Waals surface area contributed by atoms with Gasteiger partial charge in [0.15, 0.2) is 5.72 Å². The Hall–Kier alpha value is -3.22. The largest absolute Gasteiger partial charge is 0.426 e. The van der Waals surface area contributed by atoms with Gasteiger partial charge < -0.3 is 20.3 Å². The van der Waals surface area contributed by atoms with Crippen LogP contribution in [0.3, 0.4) is 0 Å². The van der Waals surface area contributed by atoms with Crippen LogP contribution in [-0.4, -0.2) is 33.6 Å². The molecule has 3 N–H and O–H groups in total. The van der Waals surface area contributed by atoms with Crippen LogP contribution in [0.25, 0.3) is 11.1 Å². The predicted molar refractivity (Wildman–Crippen MR) is 127 cm³/mol. The Kier molecular flexibility index (Phi) is 8.33. The third-order valence-corrected chi connectivity index (χ3v) is 4.95. The summed E-state index contributed by atoms with van der Waals surface area (Å²) in [5.74, 6) is -2.27. The zero-order chi connectivity index (χ0) is 22.1. The number of esters is 1. The minimum absolute atomic E-state index is 0. The second-order valence-corrected chi connectivity index (χ2v) is 7.81. The lowest BCUT2D eigenvalue weighted by atomic mass is 9.98. The number of hydrogen-bond acceptors (Lipinski definition) is 5. The number of cyclic esters (lactones) is 1. The van der Waals surface area contributed by atoms with Crippen molar-refractivity contribution >= 4 is 23.0 Å². The van der Waals surface area contributed by atoms with Gasteiger partial charge in [-0.25, -0.2) is 4.79 Å². The molecule has 0 spiro atoms. The number of benzene rings is 2. The Labute approximate surface area is 190 Å². The normalized spacial score (nSPS) is 23.4. The number of amides is 1. The summed E-state index contributed by atoms with van der Waals surface area (Å²) in [7, 11) is 0. The van der Waals surface area contributed by atoms with E-state index in [1.165, 1.54) is 19.1 Å². The van der Waals surface area contributed by atoms with Gasteiger partial charge in [-0.2, -0.15) is 0 Å². The van der Waals surface area contributed by atoms with Gasteiger partial charge in [0.1, 0.15) is 0 Å². The molecule has 32 heavy (non-hydrogen) atoms. The van der Waals surface area contributed by atoms with E-state index in [9.17, 15) is 19.8 Å². The molecule has 0 radical (unpaired) electrons. The maximum atomic E-state index is 11.2. The molecular weight excluding hydrogens is 406 g/mol. The van der Waals surface area contributed by atoms with Crippen LogP contribution in [0, 0.1) is 13.8 Å². The summed E-state index contributed by atoms with van der Waals surface area (Å²) in [5, 5.41) is 22.3. The van der Waals surface area contributed by atoms with Crippen molar-refractivity contribution in [3.8, 4) is 0 Å². The zero-order valence-electron chi connectivity index (χ0n) is 17.4. The molecule has 1 amide bonds. The average Bonchev–Trinajstić information content (AvgIpc) is 3.09. The Morgan fingerprint density at radius 2 is 1.19 bits per heavy atom. The van der Waals surface area contributed by atoms with Gasteiger partial charge in [0.05, 0.1) is 0 Å². The second-order valence-electron chi connectivity index (χ2n) is 7.81. The van der Waals surface area contributed by atoms with Crippen LogP contribution in [0.2, 0.25) is 0 Å². The maximum absolute atomic E-state index is 11.2. The van der Waals surface area contributed by atoms with Gasteiger partial charge in [0, 0.05) is 30.2 Å². The summed E-state index contributed by atoms with van der Waals surface area (Å²) >= 11 is 0. The summed E-state index contributed by atoms with van der Waals surface area (Å²) in [5.41, 5.74) is 3.81. The summed E-state index contributed by atoms with van der Waals surface area (Å²) in [4.78, 5) is 22.2. The van der Waals surface area contributed by atoms with Gasteiger partial charge >= 0.3 is 5.97 Å². The molecule has 2 atom stereocenters. The van der Waals surface area contributed by atoms with E-state index in [4.69, 9.17) is 4.74 Å². The number of carbonyl (C=O) groups is 2. The van der Waals surface area contributed by atoms with Crippen LogP contribution < -0.4 is 5.32 Å². The minimum Gasteiger partial charge on any atom is -0.426 e. The van der Waals surface area contributed by atoms with E-state index in [1.54, 1.807) is 6.92 Å². The van der Waals surface area contributed by atoms with Gasteiger partial charge in [-0.15, -0.1) is 0 Å². The molecule has 0 aliphatic carbocycles. The first-order valence-corrected chi connectivity index (χ1v) is 9.56. The third kappa shape index (κ3) is 5.93. The molecule has 0 aromatic heterocycles. The van der Waals surface area contributed by atoms with Gasteiger partial charge in [0.25, 0.3) is 0 Å². The lowest BCUT2D eigenvalue weighted by molar-refractivity contribution is -0.169. The van der Waals surface area contributed by atoms with Crippen molar-refractivity contribution in [3.63, 3.8) is 0 Å². The van der Waals surface area contributed by atoms with E-state index in [0.717, 1.165) is 22.3 Å². The SMILES string of the molecule is C.C.Cc1ccc(C2=CC(=O)NC2(C)O)cc1.Cc1ccc(C2=CC(=O)OC2(C)O)cc1. The van der Waals surface area contributed by atoms with Crippen molar-refractivity contribution in [2.45, 2.75) is 54.1 Å². The van der Waals surface area contributed by atoms with Crippen molar-refractivity contribution in [3.05, 3.63) is 82.9 Å². The lowest BCUT2D eigenvalue weighted by Gasteiger charge is -2.21. The summed E-state index contributed by atoms with van der Waals surface area (Å²) in [6.07, 6.45) is 2.76. The summed E-state index contributed by atoms with van der Waals surface area (Å²) in [6, 6.07) is 15.3. The van der Waals surface area contributed by atoms with E-state index >= 15 is 0 Å². The molecule has 2 aromatic rings. The van der Waals surface area contributed by atoms with Crippen LogP contribution in [0.1, 0.15) is 51.0 Å². The first kappa shape index (κ1) is 26.8. The number of aryl methyl sites for hydroxylation is 2. The maximum Gasteiger partial charge on any atom is 0.334 e. The quantitative estimate of drug-likeness (QED) is 0.612. The van der Waals surface area contributed by atoms with E-state index in [-0.39, 0.29) is 20.8 Å². The molecule has 2 unspecified atom stereocenters. The first-order chi connectivity index (χ1) is 14.0. The van der Waals surface area contributed by atoms with Crippen LogP contribution in [0.15, 0.2) is 60.7 Å². The Morgan fingerprint density at radius 1 is 0.750 bits per heavy atom. The van der Waals surface area contributed by atoms with E-state index in [2.05, 4.69) is 5.32 Å². The molecule has 6 nitrogen and oxygen atoms in total. The Morgan fingerprint density at radius 3 is 1.53 bits per heavy atom. The highest BCUT2D eigenvalue weighted by atomic mass is 16.7. The zero-order valence-corrected chi connectivity index (χ0v) is 17.4. The van der Waals surface area contributed by atoms with Crippen molar-refractivity contribution in [1.82, 2.24) is 5.32 Å². The molecule has 0 saturated heterocycles. The number of rotatable bonds is 2. The standard InChI is InChI=1S/C12H13NO2.C12H12O3.2CH4/c1-8-3-5-9(6-4-8)10-7-11(14)13-12(10,2)15;1-8-3-5-9(6-4-8)10-7-11(13)15-12(10,2)14;;/h3-7,15H,1-2H3,(H,13,14);3-7,14H,1-2H3;2*1H4. The predicted octanol–water partition coefficient (Wildman–Crippen LogP) is 4.13. The topological polar surface area (TPSA) is 95.9 Å². The highest BCUT2D eigenvalue weighted by Crippen LogP contribution is 2.33.